The van der Waals surface area contributed by atoms with Crippen molar-refractivity contribution in [3.8, 4) is 21.8 Å². The monoisotopic (exact) mass is 340 g/mol. The number of aromatic nitrogens is 2. The SMILES string of the molecule is Clc1ccc(-c2csc(-c3cccnc3)n2)c(Cl)c1Cl. The van der Waals surface area contributed by atoms with E-state index in [2.05, 4.69) is 9.97 Å². The Balaban J connectivity index is 2.05. The number of thiazole rings is 1. The van der Waals surface area contributed by atoms with Crippen LogP contribution >= 0.6 is 46.1 Å². The summed E-state index contributed by atoms with van der Waals surface area (Å²) in [5.74, 6) is 0. The molecule has 0 atom stereocenters. The molecule has 20 heavy (non-hydrogen) atoms. The predicted molar refractivity (Wildman–Crippen MR) is 85.8 cm³/mol. The molecule has 2 heterocycles. The molecule has 0 saturated heterocycles. The topological polar surface area (TPSA) is 25.8 Å². The quantitative estimate of drug-likeness (QED) is 0.548. The van der Waals surface area contributed by atoms with Crippen LogP contribution in [0.4, 0.5) is 0 Å². The van der Waals surface area contributed by atoms with E-state index in [0.29, 0.717) is 15.1 Å². The molecule has 3 aromatic rings. The van der Waals surface area contributed by atoms with Crippen molar-refractivity contribution in [2.75, 3.05) is 0 Å². The molecule has 0 N–H and O–H groups in total. The highest BCUT2D eigenvalue weighted by Crippen LogP contribution is 2.39. The van der Waals surface area contributed by atoms with Gasteiger partial charge in [0.05, 0.1) is 20.8 Å². The Hall–Kier alpha value is -1.13. The van der Waals surface area contributed by atoms with Gasteiger partial charge < -0.3 is 0 Å². The molecule has 0 aliphatic rings. The van der Waals surface area contributed by atoms with E-state index in [1.54, 1.807) is 18.5 Å². The molecule has 0 unspecified atom stereocenters. The summed E-state index contributed by atoms with van der Waals surface area (Å²) in [5.41, 5.74) is 2.52. The van der Waals surface area contributed by atoms with Gasteiger partial charge in [-0.15, -0.1) is 11.3 Å². The normalized spacial score (nSPS) is 10.8. The van der Waals surface area contributed by atoms with E-state index in [0.717, 1.165) is 21.8 Å². The van der Waals surface area contributed by atoms with Crippen LogP contribution in [0.25, 0.3) is 21.8 Å². The lowest BCUT2D eigenvalue weighted by atomic mass is 10.2. The van der Waals surface area contributed by atoms with Crippen molar-refractivity contribution < 1.29 is 0 Å². The first kappa shape index (κ1) is 13.8. The van der Waals surface area contributed by atoms with Gasteiger partial charge in [0.1, 0.15) is 5.01 Å². The van der Waals surface area contributed by atoms with Gasteiger partial charge in [0.15, 0.2) is 0 Å². The zero-order valence-electron chi connectivity index (χ0n) is 9.98. The fourth-order valence-corrected chi connectivity index (χ4v) is 3.19. The lowest BCUT2D eigenvalue weighted by molar-refractivity contribution is 1.31. The fourth-order valence-electron chi connectivity index (χ4n) is 1.74. The third kappa shape index (κ3) is 2.54. The van der Waals surface area contributed by atoms with Crippen LogP contribution in [0.3, 0.4) is 0 Å². The molecule has 2 aromatic heterocycles. The minimum Gasteiger partial charge on any atom is -0.264 e. The average Bonchev–Trinajstić information content (AvgIpc) is 2.95. The number of benzene rings is 1. The molecule has 0 aliphatic heterocycles. The summed E-state index contributed by atoms with van der Waals surface area (Å²) in [6, 6.07) is 7.38. The largest absolute Gasteiger partial charge is 0.264 e. The Kier molecular flexibility index (Phi) is 3.94. The highest BCUT2D eigenvalue weighted by molar-refractivity contribution is 7.13. The molecular formula is C14H7Cl3N2S. The van der Waals surface area contributed by atoms with E-state index < -0.39 is 0 Å². The fraction of sp³-hybridized carbons (Fsp3) is 0. The van der Waals surface area contributed by atoms with E-state index in [1.165, 1.54) is 11.3 Å². The predicted octanol–water partition coefficient (Wildman–Crippen LogP) is 5.83. The molecule has 3 rings (SSSR count). The second-order valence-corrected chi connectivity index (χ2v) is 6.02. The van der Waals surface area contributed by atoms with Crippen molar-refractivity contribution in [2.45, 2.75) is 0 Å². The van der Waals surface area contributed by atoms with Gasteiger partial charge in [-0.2, -0.15) is 0 Å². The molecule has 0 radical (unpaired) electrons. The number of rotatable bonds is 2. The first-order valence-corrected chi connectivity index (χ1v) is 7.68. The van der Waals surface area contributed by atoms with Gasteiger partial charge in [0.25, 0.3) is 0 Å². The molecule has 0 saturated carbocycles. The minimum absolute atomic E-state index is 0.349. The Morgan fingerprint density at radius 1 is 1.00 bits per heavy atom. The molecular weight excluding hydrogens is 335 g/mol. The van der Waals surface area contributed by atoms with E-state index in [9.17, 15) is 0 Å². The molecule has 2 nitrogen and oxygen atoms in total. The second-order valence-electron chi connectivity index (χ2n) is 4.00. The van der Waals surface area contributed by atoms with Crippen molar-refractivity contribution in [1.82, 2.24) is 9.97 Å². The van der Waals surface area contributed by atoms with Gasteiger partial charge in [-0.1, -0.05) is 34.8 Å². The number of hydrogen-bond donors (Lipinski definition) is 0. The minimum atomic E-state index is 0.349. The van der Waals surface area contributed by atoms with Crippen molar-refractivity contribution in [3.63, 3.8) is 0 Å². The van der Waals surface area contributed by atoms with E-state index in [-0.39, 0.29) is 0 Å². The maximum atomic E-state index is 6.22. The molecule has 0 bridgehead atoms. The third-order valence-electron chi connectivity index (χ3n) is 2.72. The summed E-state index contributed by atoms with van der Waals surface area (Å²) in [5, 5.41) is 4.02. The standard InChI is InChI=1S/C14H7Cl3N2S/c15-10-4-3-9(12(16)13(10)17)11-7-20-14(19-11)8-2-1-5-18-6-8/h1-7H. The number of hydrogen-bond acceptors (Lipinski definition) is 3. The molecule has 100 valence electrons. The van der Waals surface area contributed by atoms with Gasteiger partial charge in [0.2, 0.25) is 0 Å². The van der Waals surface area contributed by atoms with Crippen LogP contribution in [0.5, 0.6) is 0 Å². The van der Waals surface area contributed by atoms with Crippen molar-refractivity contribution >= 4 is 46.1 Å². The zero-order valence-corrected chi connectivity index (χ0v) is 13.1. The molecule has 0 aliphatic carbocycles. The third-order valence-corrected chi connectivity index (χ3v) is 4.91. The van der Waals surface area contributed by atoms with E-state index in [1.807, 2.05) is 23.6 Å². The van der Waals surface area contributed by atoms with Crippen LogP contribution < -0.4 is 0 Å². The molecule has 0 amide bonds. The highest BCUT2D eigenvalue weighted by atomic mass is 35.5. The van der Waals surface area contributed by atoms with E-state index in [4.69, 9.17) is 34.8 Å². The van der Waals surface area contributed by atoms with Crippen LogP contribution in [0.1, 0.15) is 0 Å². The Labute approximate surface area is 135 Å². The van der Waals surface area contributed by atoms with Crippen molar-refractivity contribution in [2.24, 2.45) is 0 Å². The van der Waals surface area contributed by atoms with Gasteiger partial charge in [-0.25, -0.2) is 4.98 Å². The van der Waals surface area contributed by atoms with Gasteiger partial charge in [-0.3, -0.25) is 4.98 Å². The average molecular weight is 342 g/mol. The maximum absolute atomic E-state index is 6.22. The van der Waals surface area contributed by atoms with Crippen LogP contribution in [0, 0.1) is 0 Å². The number of pyridine rings is 1. The van der Waals surface area contributed by atoms with Crippen LogP contribution in [0.2, 0.25) is 15.1 Å². The summed E-state index contributed by atoms with van der Waals surface area (Å²) in [7, 11) is 0. The van der Waals surface area contributed by atoms with E-state index >= 15 is 0 Å². The van der Waals surface area contributed by atoms with Crippen LogP contribution in [-0.2, 0) is 0 Å². The Bertz CT molecular complexity index is 756. The Morgan fingerprint density at radius 3 is 2.60 bits per heavy atom. The zero-order chi connectivity index (χ0) is 14.1. The van der Waals surface area contributed by atoms with Gasteiger partial charge in [0, 0.05) is 28.9 Å². The highest BCUT2D eigenvalue weighted by Gasteiger charge is 2.13. The first-order valence-electron chi connectivity index (χ1n) is 5.66. The summed E-state index contributed by atoms with van der Waals surface area (Å²) < 4.78 is 0. The second kappa shape index (κ2) is 5.70. The van der Waals surface area contributed by atoms with Crippen LogP contribution in [0.15, 0.2) is 42.0 Å². The Morgan fingerprint density at radius 2 is 1.85 bits per heavy atom. The lowest BCUT2D eigenvalue weighted by Gasteiger charge is -2.04. The lowest BCUT2D eigenvalue weighted by Crippen LogP contribution is -1.83. The van der Waals surface area contributed by atoms with Gasteiger partial charge >= 0.3 is 0 Å². The molecule has 1 aromatic carbocycles. The summed E-state index contributed by atoms with van der Waals surface area (Å²) in [4.78, 5) is 8.66. The summed E-state index contributed by atoms with van der Waals surface area (Å²) >= 11 is 19.7. The number of nitrogens with zero attached hydrogens (tertiary/aromatic N) is 2. The summed E-state index contributed by atoms with van der Waals surface area (Å²) in [6.45, 7) is 0. The number of halogens is 3. The van der Waals surface area contributed by atoms with Crippen molar-refractivity contribution in [3.05, 3.63) is 57.1 Å². The maximum Gasteiger partial charge on any atom is 0.125 e. The van der Waals surface area contributed by atoms with Crippen LogP contribution in [-0.4, -0.2) is 9.97 Å². The molecule has 0 spiro atoms. The first-order chi connectivity index (χ1) is 9.66. The summed E-state index contributed by atoms with van der Waals surface area (Å²) in [6.07, 6.45) is 3.51. The van der Waals surface area contributed by atoms with Gasteiger partial charge in [-0.05, 0) is 24.3 Å². The smallest absolute Gasteiger partial charge is 0.125 e. The molecule has 6 heteroatoms. The van der Waals surface area contributed by atoms with Crippen molar-refractivity contribution in [1.29, 1.82) is 0 Å². The molecule has 0 fully saturated rings.